The van der Waals surface area contributed by atoms with Crippen molar-refractivity contribution in [2.45, 2.75) is 18.7 Å². The molecule has 3 nitrogen and oxygen atoms in total. The summed E-state index contributed by atoms with van der Waals surface area (Å²) in [6.07, 6.45) is -2.94. The molecule has 0 bridgehead atoms. The fourth-order valence-electron chi connectivity index (χ4n) is 1.21. The standard InChI is InChI=1S/C10H6ClF2N3/c11-4-6-3-7(5-15)9(10(12)13)16-8(6)1-2-14/h3,10H,1,4H2. The maximum atomic E-state index is 12.5. The van der Waals surface area contributed by atoms with Crippen LogP contribution >= 0.6 is 11.6 Å². The Balaban J connectivity index is 3.37. The van der Waals surface area contributed by atoms with E-state index in [1.807, 2.05) is 6.07 Å². The summed E-state index contributed by atoms with van der Waals surface area (Å²) in [6.45, 7) is 0. The highest BCUT2D eigenvalue weighted by Crippen LogP contribution is 2.23. The molecule has 1 aromatic rings. The lowest BCUT2D eigenvalue weighted by Crippen LogP contribution is -2.03. The van der Waals surface area contributed by atoms with Crippen molar-refractivity contribution >= 4 is 11.6 Å². The number of aromatic nitrogens is 1. The number of hydrogen-bond acceptors (Lipinski definition) is 3. The molecule has 0 aliphatic rings. The molecule has 82 valence electrons. The quantitative estimate of drug-likeness (QED) is 0.765. The van der Waals surface area contributed by atoms with Gasteiger partial charge in [-0.3, -0.25) is 0 Å². The maximum Gasteiger partial charge on any atom is 0.281 e. The van der Waals surface area contributed by atoms with E-state index in [1.54, 1.807) is 6.07 Å². The Kier molecular flexibility index (Phi) is 4.16. The van der Waals surface area contributed by atoms with E-state index >= 15 is 0 Å². The molecule has 0 aromatic carbocycles. The first-order valence-corrected chi connectivity index (χ1v) is 4.81. The summed E-state index contributed by atoms with van der Waals surface area (Å²) in [4.78, 5) is 3.62. The van der Waals surface area contributed by atoms with Gasteiger partial charge in [0.2, 0.25) is 0 Å². The molecular formula is C10H6ClF2N3. The molecule has 0 saturated heterocycles. The zero-order chi connectivity index (χ0) is 12.1. The van der Waals surface area contributed by atoms with Gasteiger partial charge in [-0.1, -0.05) is 0 Å². The van der Waals surface area contributed by atoms with Gasteiger partial charge in [-0.15, -0.1) is 11.6 Å². The van der Waals surface area contributed by atoms with Gasteiger partial charge in [0.05, 0.1) is 23.7 Å². The predicted molar refractivity (Wildman–Crippen MR) is 52.8 cm³/mol. The molecule has 0 aliphatic carbocycles. The van der Waals surface area contributed by atoms with Crippen LogP contribution in [0.5, 0.6) is 0 Å². The molecule has 16 heavy (non-hydrogen) atoms. The van der Waals surface area contributed by atoms with Crippen molar-refractivity contribution in [3.8, 4) is 12.1 Å². The van der Waals surface area contributed by atoms with Gasteiger partial charge in [-0.05, 0) is 11.6 Å². The first kappa shape index (κ1) is 12.4. The molecule has 0 N–H and O–H groups in total. The average Bonchev–Trinajstić information content (AvgIpc) is 2.28. The van der Waals surface area contributed by atoms with Gasteiger partial charge in [-0.2, -0.15) is 10.5 Å². The van der Waals surface area contributed by atoms with Gasteiger partial charge in [0.1, 0.15) is 11.8 Å². The van der Waals surface area contributed by atoms with Gasteiger partial charge in [0, 0.05) is 5.88 Å². The molecule has 0 radical (unpaired) electrons. The van der Waals surface area contributed by atoms with Crippen LogP contribution in [0.15, 0.2) is 6.07 Å². The Labute approximate surface area is 95.9 Å². The summed E-state index contributed by atoms with van der Waals surface area (Å²) >= 11 is 5.58. The van der Waals surface area contributed by atoms with E-state index < -0.39 is 12.1 Å². The smallest absolute Gasteiger partial charge is 0.249 e. The van der Waals surface area contributed by atoms with Crippen LogP contribution in [-0.2, 0) is 12.3 Å². The average molecular weight is 242 g/mol. The van der Waals surface area contributed by atoms with Gasteiger partial charge >= 0.3 is 0 Å². The molecule has 0 unspecified atom stereocenters. The lowest BCUT2D eigenvalue weighted by molar-refractivity contribution is 0.145. The minimum absolute atomic E-state index is 0.0300. The van der Waals surface area contributed by atoms with Gasteiger partial charge in [0.15, 0.2) is 0 Å². The van der Waals surface area contributed by atoms with Crippen molar-refractivity contribution in [2.75, 3.05) is 0 Å². The summed E-state index contributed by atoms with van der Waals surface area (Å²) in [5, 5.41) is 17.2. The van der Waals surface area contributed by atoms with E-state index in [0.717, 1.165) is 0 Å². The van der Waals surface area contributed by atoms with Crippen LogP contribution in [0.25, 0.3) is 0 Å². The third kappa shape index (κ3) is 2.44. The van der Waals surface area contributed by atoms with Crippen LogP contribution in [0.1, 0.15) is 28.9 Å². The van der Waals surface area contributed by atoms with Crippen molar-refractivity contribution in [2.24, 2.45) is 0 Å². The molecule has 0 fully saturated rings. The SMILES string of the molecule is N#CCc1nc(C(F)F)c(C#N)cc1CCl. The van der Waals surface area contributed by atoms with Crippen LogP contribution in [0.3, 0.4) is 0 Å². The van der Waals surface area contributed by atoms with Crippen LogP contribution in [0.4, 0.5) is 8.78 Å². The second-order valence-electron chi connectivity index (χ2n) is 2.91. The molecule has 0 aliphatic heterocycles. The maximum absolute atomic E-state index is 12.5. The van der Waals surface area contributed by atoms with E-state index in [4.69, 9.17) is 22.1 Å². The van der Waals surface area contributed by atoms with Crippen molar-refractivity contribution in [3.05, 3.63) is 28.6 Å². The minimum Gasteiger partial charge on any atom is -0.249 e. The highest BCUT2D eigenvalue weighted by atomic mass is 35.5. The molecule has 0 saturated carbocycles. The lowest BCUT2D eigenvalue weighted by atomic mass is 10.1. The second-order valence-corrected chi connectivity index (χ2v) is 3.18. The van der Waals surface area contributed by atoms with Gasteiger partial charge in [0.25, 0.3) is 6.43 Å². The van der Waals surface area contributed by atoms with Crippen molar-refractivity contribution < 1.29 is 8.78 Å². The number of pyridine rings is 1. The molecule has 6 heteroatoms. The summed E-state index contributed by atoms with van der Waals surface area (Å²) in [7, 11) is 0. The number of rotatable bonds is 3. The first-order valence-electron chi connectivity index (χ1n) is 4.27. The summed E-state index contributed by atoms with van der Waals surface area (Å²) in [5.74, 6) is 0.0300. The monoisotopic (exact) mass is 241 g/mol. The third-order valence-corrected chi connectivity index (χ3v) is 2.23. The zero-order valence-corrected chi connectivity index (χ0v) is 8.80. The minimum atomic E-state index is -2.84. The normalized spacial score (nSPS) is 9.88. The molecule has 0 spiro atoms. The van der Waals surface area contributed by atoms with Gasteiger partial charge < -0.3 is 0 Å². The molecule has 1 rings (SSSR count). The highest BCUT2D eigenvalue weighted by molar-refractivity contribution is 6.17. The van der Waals surface area contributed by atoms with Crippen molar-refractivity contribution in [3.63, 3.8) is 0 Å². The van der Waals surface area contributed by atoms with Crippen molar-refractivity contribution in [1.82, 2.24) is 4.98 Å². The Morgan fingerprint density at radius 3 is 2.56 bits per heavy atom. The topological polar surface area (TPSA) is 60.5 Å². The zero-order valence-electron chi connectivity index (χ0n) is 8.04. The number of nitriles is 2. The van der Waals surface area contributed by atoms with E-state index in [-0.39, 0.29) is 23.6 Å². The number of hydrogen-bond donors (Lipinski definition) is 0. The van der Waals surface area contributed by atoms with Crippen LogP contribution in [0, 0.1) is 22.7 Å². The Bertz CT molecular complexity index is 474. The number of alkyl halides is 3. The largest absolute Gasteiger partial charge is 0.281 e. The van der Waals surface area contributed by atoms with E-state index in [1.165, 1.54) is 6.07 Å². The van der Waals surface area contributed by atoms with Crippen LogP contribution in [-0.4, -0.2) is 4.98 Å². The molecule has 0 atom stereocenters. The Hall–Kier alpha value is -1.72. The fraction of sp³-hybridized carbons (Fsp3) is 0.300. The molecule has 1 heterocycles. The predicted octanol–water partition coefficient (Wildman–Crippen LogP) is 2.70. The first-order chi connectivity index (χ1) is 7.63. The van der Waals surface area contributed by atoms with Crippen molar-refractivity contribution in [1.29, 1.82) is 10.5 Å². The molecular weight excluding hydrogens is 236 g/mol. The molecule has 0 amide bonds. The lowest BCUT2D eigenvalue weighted by Gasteiger charge is -2.08. The highest BCUT2D eigenvalue weighted by Gasteiger charge is 2.18. The van der Waals surface area contributed by atoms with E-state index in [0.29, 0.717) is 5.56 Å². The van der Waals surface area contributed by atoms with Crippen LogP contribution < -0.4 is 0 Å². The fourth-order valence-corrected chi connectivity index (χ4v) is 1.44. The Morgan fingerprint density at radius 2 is 2.12 bits per heavy atom. The van der Waals surface area contributed by atoms with Gasteiger partial charge in [-0.25, -0.2) is 13.8 Å². The number of nitrogens with zero attached hydrogens (tertiary/aromatic N) is 3. The summed E-state index contributed by atoms with van der Waals surface area (Å²) < 4.78 is 25.1. The summed E-state index contributed by atoms with van der Waals surface area (Å²) in [5.41, 5.74) is -0.162. The Morgan fingerprint density at radius 1 is 1.44 bits per heavy atom. The third-order valence-electron chi connectivity index (χ3n) is 1.94. The van der Waals surface area contributed by atoms with Crippen LogP contribution in [0.2, 0.25) is 0 Å². The summed E-state index contributed by atoms with van der Waals surface area (Å²) in [6, 6.07) is 4.71. The number of halogens is 3. The van der Waals surface area contributed by atoms with E-state index in [2.05, 4.69) is 4.98 Å². The van der Waals surface area contributed by atoms with E-state index in [9.17, 15) is 8.78 Å². The molecule has 1 aromatic heterocycles. The second kappa shape index (κ2) is 5.39.